The summed E-state index contributed by atoms with van der Waals surface area (Å²) in [5.74, 6) is -0.185. The van der Waals surface area contributed by atoms with Crippen molar-refractivity contribution >= 4 is 17.3 Å². The van der Waals surface area contributed by atoms with Crippen LogP contribution in [0.5, 0.6) is 0 Å². The van der Waals surface area contributed by atoms with E-state index in [-0.39, 0.29) is 5.97 Å². The molecule has 0 N–H and O–H groups in total. The standard InChI is InChI=1S/C11H18N2O2S/c1-4-5-13(8-11(14)15-3)7-10-6-12-9(2)16-10/h6H,4-5,7-8H2,1-3H3. The third kappa shape index (κ3) is 4.28. The van der Waals surface area contributed by atoms with Gasteiger partial charge in [-0.05, 0) is 19.9 Å². The number of thiazole rings is 1. The van der Waals surface area contributed by atoms with Crippen LogP contribution in [0.2, 0.25) is 0 Å². The van der Waals surface area contributed by atoms with E-state index in [1.807, 2.05) is 13.1 Å². The van der Waals surface area contributed by atoms with E-state index < -0.39 is 0 Å². The average molecular weight is 242 g/mol. The number of carbonyl (C=O) groups is 1. The molecule has 0 radical (unpaired) electrons. The van der Waals surface area contributed by atoms with Crippen molar-refractivity contribution in [2.45, 2.75) is 26.8 Å². The van der Waals surface area contributed by atoms with Gasteiger partial charge in [0, 0.05) is 17.6 Å². The lowest BCUT2D eigenvalue weighted by molar-refractivity contribution is -0.142. The largest absolute Gasteiger partial charge is 0.468 e. The fourth-order valence-corrected chi connectivity index (χ4v) is 2.31. The summed E-state index contributed by atoms with van der Waals surface area (Å²) in [6.07, 6.45) is 2.90. The number of esters is 1. The summed E-state index contributed by atoms with van der Waals surface area (Å²) in [6, 6.07) is 0. The van der Waals surface area contributed by atoms with Gasteiger partial charge in [0.2, 0.25) is 0 Å². The minimum absolute atomic E-state index is 0.185. The molecule has 1 heterocycles. The zero-order chi connectivity index (χ0) is 12.0. The summed E-state index contributed by atoms with van der Waals surface area (Å²) in [4.78, 5) is 18.7. The van der Waals surface area contributed by atoms with Crippen LogP contribution in [0.1, 0.15) is 23.2 Å². The Morgan fingerprint density at radius 1 is 1.62 bits per heavy atom. The van der Waals surface area contributed by atoms with Crippen molar-refractivity contribution in [3.8, 4) is 0 Å². The third-order valence-electron chi connectivity index (χ3n) is 2.17. The Labute approximate surface area is 100 Å². The van der Waals surface area contributed by atoms with Crippen molar-refractivity contribution < 1.29 is 9.53 Å². The highest BCUT2D eigenvalue weighted by molar-refractivity contribution is 7.11. The molecule has 90 valence electrons. The summed E-state index contributed by atoms with van der Waals surface area (Å²) >= 11 is 1.67. The first-order chi connectivity index (χ1) is 7.65. The maximum Gasteiger partial charge on any atom is 0.319 e. The molecule has 1 rings (SSSR count). The smallest absolute Gasteiger partial charge is 0.319 e. The van der Waals surface area contributed by atoms with Crippen LogP contribution in [0.3, 0.4) is 0 Å². The molecule has 0 atom stereocenters. The van der Waals surface area contributed by atoms with Gasteiger partial charge < -0.3 is 4.74 Å². The third-order valence-corrected chi connectivity index (χ3v) is 3.07. The number of methoxy groups -OCH3 is 1. The van der Waals surface area contributed by atoms with Gasteiger partial charge in [-0.3, -0.25) is 9.69 Å². The number of nitrogens with zero attached hydrogens (tertiary/aromatic N) is 2. The number of carbonyl (C=O) groups excluding carboxylic acids is 1. The molecular weight excluding hydrogens is 224 g/mol. The zero-order valence-electron chi connectivity index (χ0n) is 10.0. The van der Waals surface area contributed by atoms with E-state index in [2.05, 4.69) is 21.5 Å². The molecule has 0 aromatic carbocycles. The van der Waals surface area contributed by atoms with Gasteiger partial charge in [0.05, 0.1) is 18.7 Å². The summed E-state index contributed by atoms with van der Waals surface area (Å²) in [7, 11) is 1.42. The molecule has 0 saturated heterocycles. The number of rotatable bonds is 6. The molecule has 0 aliphatic rings. The topological polar surface area (TPSA) is 42.4 Å². The van der Waals surface area contributed by atoms with E-state index >= 15 is 0 Å². The predicted molar refractivity (Wildman–Crippen MR) is 64.4 cm³/mol. The highest BCUT2D eigenvalue weighted by Crippen LogP contribution is 2.14. The van der Waals surface area contributed by atoms with Gasteiger partial charge in [0.25, 0.3) is 0 Å². The summed E-state index contributed by atoms with van der Waals surface area (Å²) in [5, 5.41) is 1.06. The molecule has 0 spiro atoms. The molecule has 0 saturated carbocycles. The SMILES string of the molecule is CCCN(CC(=O)OC)Cc1cnc(C)s1. The first kappa shape index (κ1) is 13.1. The number of hydrogen-bond donors (Lipinski definition) is 0. The number of hydrogen-bond acceptors (Lipinski definition) is 5. The molecule has 1 aromatic rings. The normalized spacial score (nSPS) is 10.8. The minimum atomic E-state index is -0.185. The van der Waals surface area contributed by atoms with Crippen molar-refractivity contribution in [2.24, 2.45) is 0 Å². The number of ether oxygens (including phenoxy) is 1. The second-order valence-electron chi connectivity index (χ2n) is 3.63. The summed E-state index contributed by atoms with van der Waals surface area (Å²) in [6.45, 7) is 6.10. The van der Waals surface area contributed by atoms with Crippen LogP contribution in [0.25, 0.3) is 0 Å². The summed E-state index contributed by atoms with van der Waals surface area (Å²) < 4.78 is 4.68. The van der Waals surface area contributed by atoms with Crippen LogP contribution >= 0.6 is 11.3 Å². The Balaban J connectivity index is 2.53. The van der Waals surface area contributed by atoms with Gasteiger partial charge in [-0.1, -0.05) is 6.92 Å². The molecule has 16 heavy (non-hydrogen) atoms. The van der Waals surface area contributed by atoms with Crippen LogP contribution in [-0.2, 0) is 16.1 Å². The second-order valence-corrected chi connectivity index (χ2v) is 4.95. The molecule has 0 amide bonds. The Kier molecular flexibility index (Phi) is 5.42. The van der Waals surface area contributed by atoms with Crippen LogP contribution in [0, 0.1) is 6.92 Å². The van der Waals surface area contributed by atoms with Gasteiger partial charge in [-0.15, -0.1) is 11.3 Å². The molecule has 4 nitrogen and oxygen atoms in total. The van der Waals surface area contributed by atoms with E-state index in [0.717, 1.165) is 24.5 Å². The molecule has 0 bridgehead atoms. The van der Waals surface area contributed by atoms with Crippen molar-refractivity contribution in [1.82, 2.24) is 9.88 Å². The van der Waals surface area contributed by atoms with Crippen molar-refractivity contribution in [2.75, 3.05) is 20.2 Å². The number of aromatic nitrogens is 1. The predicted octanol–water partition coefficient (Wildman–Crippen LogP) is 1.84. The fourth-order valence-electron chi connectivity index (χ4n) is 1.48. The second kappa shape index (κ2) is 6.60. The van der Waals surface area contributed by atoms with Crippen LogP contribution < -0.4 is 0 Å². The average Bonchev–Trinajstić information content (AvgIpc) is 2.64. The Bertz CT molecular complexity index is 338. The summed E-state index contributed by atoms with van der Waals surface area (Å²) in [5.41, 5.74) is 0. The van der Waals surface area contributed by atoms with Gasteiger partial charge in [-0.25, -0.2) is 4.98 Å². The van der Waals surface area contributed by atoms with E-state index in [9.17, 15) is 4.79 Å². The minimum Gasteiger partial charge on any atom is -0.468 e. The fraction of sp³-hybridized carbons (Fsp3) is 0.636. The highest BCUT2D eigenvalue weighted by atomic mass is 32.1. The molecule has 0 aliphatic carbocycles. The first-order valence-electron chi connectivity index (χ1n) is 5.36. The lowest BCUT2D eigenvalue weighted by Gasteiger charge is -2.18. The van der Waals surface area contributed by atoms with Crippen LogP contribution in [0.15, 0.2) is 6.20 Å². The Hall–Kier alpha value is -0.940. The Morgan fingerprint density at radius 3 is 2.88 bits per heavy atom. The molecule has 0 aliphatic heterocycles. The maximum absolute atomic E-state index is 11.2. The van der Waals surface area contributed by atoms with Gasteiger partial charge in [0.1, 0.15) is 0 Å². The van der Waals surface area contributed by atoms with E-state index in [1.165, 1.54) is 12.0 Å². The van der Waals surface area contributed by atoms with E-state index in [0.29, 0.717) is 6.54 Å². The molecule has 1 aromatic heterocycles. The van der Waals surface area contributed by atoms with E-state index in [4.69, 9.17) is 0 Å². The molecule has 0 unspecified atom stereocenters. The van der Waals surface area contributed by atoms with E-state index in [1.54, 1.807) is 11.3 Å². The zero-order valence-corrected chi connectivity index (χ0v) is 10.8. The molecule has 0 fully saturated rings. The van der Waals surface area contributed by atoms with Gasteiger partial charge in [-0.2, -0.15) is 0 Å². The van der Waals surface area contributed by atoms with Crippen molar-refractivity contribution in [3.05, 3.63) is 16.1 Å². The Morgan fingerprint density at radius 2 is 2.38 bits per heavy atom. The quantitative estimate of drug-likeness (QED) is 0.714. The van der Waals surface area contributed by atoms with Gasteiger partial charge >= 0.3 is 5.97 Å². The van der Waals surface area contributed by atoms with Gasteiger partial charge in [0.15, 0.2) is 0 Å². The first-order valence-corrected chi connectivity index (χ1v) is 6.17. The lowest BCUT2D eigenvalue weighted by atomic mass is 10.3. The van der Waals surface area contributed by atoms with Crippen LogP contribution in [0.4, 0.5) is 0 Å². The molecular formula is C11H18N2O2S. The van der Waals surface area contributed by atoms with Crippen molar-refractivity contribution in [1.29, 1.82) is 0 Å². The van der Waals surface area contributed by atoms with Crippen LogP contribution in [-0.4, -0.2) is 36.1 Å². The lowest BCUT2D eigenvalue weighted by Crippen LogP contribution is -2.30. The van der Waals surface area contributed by atoms with Crippen molar-refractivity contribution in [3.63, 3.8) is 0 Å². The molecule has 5 heteroatoms. The highest BCUT2D eigenvalue weighted by Gasteiger charge is 2.11. The monoisotopic (exact) mass is 242 g/mol. The number of aryl methyl sites for hydroxylation is 1. The maximum atomic E-state index is 11.2.